The van der Waals surface area contributed by atoms with Gasteiger partial charge in [0.15, 0.2) is 0 Å². The average Bonchev–Trinajstić information content (AvgIpc) is 3.23. The van der Waals surface area contributed by atoms with E-state index in [0.29, 0.717) is 23.7 Å². The first-order valence-electron chi connectivity index (χ1n) is 15.6. The molecule has 0 amide bonds. The normalized spacial score (nSPS) is 44.3. The van der Waals surface area contributed by atoms with Gasteiger partial charge in [0, 0.05) is 16.7 Å². The summed E-state index contributed by atoms with van der Waals surface area (Å²) in [6, 6.07) is 0. The largest absolute Gasteiger partial charge is 0.464 e. The highest BCUT2D eigenvalue weighted by molar-refractivity contribution is 5.37. The summed E-state index contributed by atoms with van der Waals surface area (Å²) in [7, 11) is 0. The van der Waals surface area contributed by atoms with Crippen LogP contribution >= 0.6 is 0 Å². The number of aliphatic hydroxyl groups is 2. The first kappa shape index (κ1) is 30.3. The fraction of sp³-hybridized carbons (Fsp3) is 0.970. The van der Waals surface area contributed by atoms with E-state index in [1.807, 2.05) is 6.92 Å². The molecule has 4 fully saturated rings. The molecule has 7 unspecified atom stereocenters. The van der Waals surface area contributed by atoms with Gasteiger partial charge < -0.3 is 19.7 Å². The monoisotopic (exact) mass is 534 g/mol. The number of carbonyl (C=O) groups is 1. The predicted octanol–water partition coefficient (Wildman–Crippen LogP) is 6.92. The SMILES string of the molecule is C[C@H](O)C(C1(C)CCC23CCCC(OC=O)C(C)(C)C(CCC2C1(C)C)C3)[C@@]1(C)CCC(C(C)(C)CO)O1. The lowest BCUT2D eigenvalue weighted by molar-refractivity contribution is -0.234. The Balaban J connectivity index is 1.66. The van der Waals surface area contributed by atoms with Gasteiger partial charge in [-0.3, -0.25) is 4.79 Å². The Labute approximate surface area is 232 Å². The number of ether oxygens (including phenoxy) is 2. The second-order valence-corrected chi connectivity index (χ2v) is 16.3. The van der Waals surface area contributed by atoms with Crippen molar-refractivity contribution < 1.29 is 24.5 Å². The van der Waals surface area contributed by atoms with Gasteiger partial charge in [0.1, 0.15) is 6.10 Å². The van der Waals surface area contributed by atoms with Gasteiger partial charge in [-0.25, -0.2) is 0 Å². The molecule has 0 aromatic rings. The maximum atomic E-state index is 11.5. The zero-order chi connectivity index (χ0) is 28.4. The average molecular weight is 535 g/mol. The molecule has 2 N–H and O–H groups in total. The number of rotatable bonds is 7. The van der Waals surface area contributed by atoms with Crippen LogP contribution in [0.15, 0.2) is 0 Å². The molecule has 220 valence electrons. The topological polar surface area (TPSA) is 76.0 Å². The molecule has 9 atom stereocenters. The number of fused-ring (bicyclic) bond motifs is 1. The van der Waals surface area contributed by atoms with Crippen LogP contribution in [-0.4, -0.2) is 47.2 Å². The summed E-state index contributed by atoms with van der Waals surface area (Å²) >= 11 is 0. The number of hydrogen-bond acceptors (Lipinski definition) is 5. The van der Waals surface area contributed by atoms with E-state index in [1.165, 1.54) is 32.1 Å². The molecule has 4 aliphatic rings. The molecule has 0 radical (unpaired) electrons. The molecule has 5 nitrogen and oxygen atoms in total. The standard InChI is InChI=1S/C33H58O5/c1-22(36)27(32(9)16-14-25(38-32)28(2,3)20-34)31(8)17-18-33-15-10-11-26(37-21-35)29(4,5)23(19-33)12-13-24(33)30(31,6)7/h21-27,34,36H,10-20H2,1-9H3/t22-,23?,24?,25?,26?,27?,31?,32+,33?/m0/s1. The van der Waals surface area contributed by atoms with Crippen LogP contribution < -0.4 is 0 Å². The second-order valence-electron chi connectivity index (χ2n) is 16.3. The van der Waals surface area contributed by atoms with Crippen molar-refractivity contribution in [1.29, 1.82) is 0 Å². The first-order valence-corrected chi connectivity index (χ1v) is 15.6. The fourth-order valence-corrected chi connectivity index (χ4v) is 10.7. The summed E-state index contributed by atoms with van der Waals surface area (Å²) in [5.41, 5.74) is -0.427. The number of aliphatic hydroxyl groups excluding tert-OH is 2. The van der Waals surface area contributed by atoms with Crippen LogP contribution in [-0.2, 0) is 14.3 Å². The lowest BCUT2D eigenvalue weighted by Crippen LogP contribution is -2.64. The van der Waals surface area contributed by atoms with Gasteiger partial charge in [0.2, 0.25) is 0 Å². The van der Waals surface area contributed by atoms with E-state index in [2.05, 4.69) is 55.4 Å². The van der Waals surface area contributed by atoms with Gasteiger partial charge in [0.05, 0.1) is 24.4 Å². The molecule has 5 heteroatoms. The van der Waals surface area contributed by atoms with Gasteiger partial charge in [0.25, 0.3) is 6.47 Å². The number of carbonyl (C=O) groups excluding carboxylic acids is 1. The van der Waals surface area contributed by atoms with Gasteiger partial charge in [-0.1, -0.05) is 48.5 Å². The quantitative estimate of drug-likeness (QED) is 0.347. The highest BCUT2D eigenvalue weighted by atomic mass is 16.5. The summed E-state index contributed by atoms with van der Waals surface area (Å²) in [6.07, 6.45) is 10.6. The summed E-state index contributed by atoms with van der Waals surface area (Å²) in [5, 5.41) is 21.5. The van der Waals surface area contributed by atoms with Crippen LogP contribution in [0.5, 0.6) is 0 Å². The maximum absolute atomic E-state index is 11.5. The second kappa shape index (κ2) is 10.0. The van der Waals surface area contributed by atoms with E-state index in [4.69, 9.17) is 9.47 Å². The van der Waals surface area contributed by atoms with Gasteiger partial charge in [-0.15, -0.1) is 0 Å². The third kappa shape index (κ3) is 4.59. The zero-order valence-electron chi connectivity index (χ0n) is 25.9. The van der Waals surface area contributed by atoms with Crippen molar-refractivity contribution in [1.82, 2.24) is 0 Å². The van der Waals surface area contributed by atoms with E-state index < -0.39 is 11.7 Å². The molecule has 3 saturated carbocycles. The van der Waals surface area contributed by atoms with Crippen LogP contribution in [0, 0.1) is 44.8 Å². The highest BCUT2D eigenvalue weighted by Gasteiger charge is 2.66. The van der Waals surface area contributed by atoms with Gasteiger partial charge in [-0.05, 0) is 106 Å². The molecule has 3 aliphatic carbocycles. The van der Waals surface area contributed by atoms with Crippen molar-refractivity contribution in [2.24, 2.45) is 44.8 Å². The Bertz CT molecular complexity index is 863. The Kier molecular flexibility index (Phi) is 7.99. The molecular weight excluding hydrogens is 476 g/mol. The van der Waals surface area contributed by atoms with Crippen LogP contribution in [0.2, 0.25) is 0 Å². The lowest BCUT2D eigenvalue weighted by Gasteiger charge is -2.68. The maximum Gasteiger partial charge on any atom is 0.293 e. The minimum Gasteiger partial charge on any atom is -0.464 e. The zero-order valence-corrected chi connectivity index (χ0v) is 25.9. The summed E-state index contributed by atoms with van der Waals surface area (Å²) in [5.74, 6) is 1.18. The molecule has 1 aliphatic heterocycles. The smallest absolute Gasteiger partial charge is 0.293 e. The van der Waals surface area contributed by atoms with Crippen LogP contribution in [0.4, 0.5) is 0 Å². The molecule has 1 spiro atoms. The highest BCUT2D eigenvalue weighted by Crippen LogP contribution is 2.71. The van der Waals surface area contributed by atoms with Gasteiger partial charge in [-0.2, -0.15) is 0 Å². The van der Waals surface area contributed by atoms with Crippen molar-refractivity contribution >= 4 is 6.47 Å². The predicted molar refractivity (Wildman–Crippen MR) is 152 cm³/mol. The Morgan fingerprint density at radius 2 is 1.68 bits per heavy atom. The van der Waals surface area contributed by atoms with Crippen molar-refractivity contribution in [3.8, 4) is 0 Å². The summed E-state index contributed by atoms with van der Waals surface area (Å²) in [6.45, 7) is 21.3. The third-order valence-electron chi connectivity index (χ3n) is 13.3. The lowest BCUT2D eigenvalue weighted by atomic mass is 9.37. The fourth-order valence-electron chi connectivity index (χ4n) is 10.7. The minimum atomic E-state index is -0.469. The van der Waals surface area contributed by atoms with Crippen LogP contribution in [0.3, 0.4) is 0 Å². The van der Waals surface area contributed by atoms with Crippen LogP contribution in [0.25, 0.3) is 0 Å². The molecular formula is C33H58O5. The molecule has 2 bridgehead atoms. The summed E-state index contributed by atoms with van der Waals surface area (Å²) in [4.78, 5) is 11.3. The summed E-state index contributed by atoms with van der Waals surface area (Å²) < 4.78 is 12.6. The Morgan fingerprint density at radius 3 is 2.29 bits per heavy atom. The van der Waals surface area contributed by atoms with Crippen molar-refractivity contribution in [2.75, 3.05) is 6.61 Å². The molecule has 38 heavy (non-hydrogen) atoms. The Morgan fingerprint density at radius 1 is 1.00 bits per heavy atom. The van der Waals surface area contributed by atoms with Crippen molar-refractivity contribution in [3.05, 3.63) is 0 Å². The first-order chi connectivity index (χ1) is 17.5. The third-order valence-corrected chi connectivity index (χ3v) is 13.3. The van der Waals surface area contributed by atoms with E-state index in [-0.39, 0.29) is 46.4 Å². The van der Waals surface area contributed by atoms with E-state index >= 15 is 0 Å². The molecule has 0 aromatic heterocycles. The van der Waals surface area contributed by atoms with Crippen LogP contribution in [0.1, 0.15) is 127 Å². The molecule has 0 aromatic carbocycles. The minimum absolute atomic E-state index is 0.00482. The van der Waals surface area contributed by atoms with E-state index in [9.17, 15) is 15.0 Å². The molecule has 1 saturated heterocycles. The van der Waals surface area contributed by atoms with Gasteiger partial charge >= 0.3 is 0 Å². The van der Waals surface area contributed by atoms with E-state index in [1.54, 1.807) is 0 Å². The number of hydrogen-bond donors (Lipinski definition) is 2. The van der Waals surface area contributed by atoms with Crippen molar-refractivity contribution in [2.45, 2.75) is 150 Å². The Hall–Kier alpha value is -0.650. The molecule has 1 heterocycles. The molecule has 4 rings (SSSR count). The van der Waals surface area contributed by atoms with E-state index in [0.717, 1.165) is 32.1 Å². The van der Waals surface area contributed by atoms with Crippen molar-refractivity contribution in [3.63, 3.8) is 0 Å².